The van der Waals surface area contributed by atoms with Gasteiger partial charge >= 0.3 is 0 Å². The Morgan fingerprint density at radius 2 is 1.85 bits per heavy atom. The maximum Gasteiger partial charge on any atom is 0.121 e. The molecule has 13 heavy (non-hydrogen) atoms. The molecule has 0 aliphatic rings. The summed E-state index contributed by atoms with van der Waals surface area (Å²) in [6.45, 7) is 7.22. The largest absolute Gasteiger partial charge is 0.507 e. The lowest BCUT2D eigenvalue weighted by Crippen LogP contribution is -1.86. The van der Waals surface area contributed by atoms with Crippen molar-refractivity contribution in [3.63, 3.8) is 0 Å². The first kappa shape index (κ1) is 9.34. The monoisotopic (exact) mass is 173 g/mol. The Morgan fingerprint density at radius 1 is 1.38 bits per heavy atom. The van der Waals surface area contributed by atoms with Crippen LogP contribution >= 0.6 is 0 Å². The molecule has 0 spiro atoms. The van der Waals surface area contributed by atoms with Gasteiger partial charge in [-0.25, -0.2) is 0 Å². The SMILES string of the molecule is C=C(C#N)c1cc(C)c(O)c(C)c1. The van der Waals surface area contributed by atoms with Crippen molar-refractivity contribution in [2.75, 3.05) is 0 Å². The lowest BCUT2D eigenvalue weighted by atomic mass is 10.0. The van der Waals surface area contributed by atoms with Crippen molar-refractivity contribution in [1.29, 1.82) is 5.26 Å². The summed E-state index contributed by atoms with van der Waals surface area (Å²) in [6.07, 6.45) is 0. The highest BCUT2D eigenvalue weighted by Gasteiger charge is 2.04. The van der Waals surface area contributed by atoms with Crippen LogP contribution in [0.1, 0.15) is 16.7 Å². The Hall–Kier alpha value is -1.75. The van der Waals surface area contributed by atoms with Crippen LogP contribution in [-0.4, -0.2) is 5.11 Å². The number of nitrogens with zero attached hydrogens (tertiary/aromatic N) is 1. The second kappa shape index (κ2) is 3.32. The number of allylic oxidation sites excluding steroid dienone is 1. The van der Waals surface area contributed by atoms with Crippen molar-refractivity contribution in [1.82, 2.24) is 0 Å². The third-order valence-electron chi connectivity index (χ3n) is 1.97. The average molecular weight is 173 g/mol. The van der Waals surface area contributed by atoms with Crippen molar-refractivity contribution in [3.8, 4) is 11.8 Å². The Kier molecular flexibility index (Phi) is 2.39. The molecule has 0 heterocycles. The van der Waals surface area contributed by atoms with Crippen LogP contribution in [0.15, 0.2) is 18.7 Å². The van der Waals surface area contributed by atoms with E-state index in [2.05, 4.69) is 6.58 Å². The van der Waals surface area contributed by atoms with Crippen LogP contribution < -0.4 is 0 Å². The van der Waals surface area contributed by atoms with Crippen LogP contribution in [0.3, 0.4) is 0 Å². The summed E-state index contributed by atoms with van der Waals surface area (Å²) in [5, 5.41) is 18.1. The molecule has 0 bridgehead atoms. The van der Waals surface area contributed by atoms with Crippen LogP contribution in [0.4, 0.5) is 0 Å². The molecule has 0 aliphatic heterocycles. The normalized spacial score (nSPS) is 9.31. The smallest absolute Gasteiger partial charge is 0.121 e. The van der Waals surface area contributed by atoms with Gasteiger partial charge in [-0.3, -0.25) is 0 Å². The molecule has 0 fully saturated rings. The molecule has 2 heteroatoms. The molecule has 0 aliphatic carbocycles. The summed E-state index contributed by atoms with van der Waals surface area (Å²) in [4.78, 5) is 0. The Bertz CT molecular complexity index is 376. The number of phenolic OH excluding ortho intramolecular Hbond substituents is 1. The molecule has 0 unspecified atom stereocenters. The van der Waals surface area contributed by atoms with Crippen molar-refractivity contribution in [2.24, 2.45) is 0 Å². The number of phenols is 1. The van der Waals surface area contributed by atoms with Gasteiger partial charge < -0.3 is 5.11 Å². The number of hydrogen-bond donors (Lipinski definition) is 1. The number of rotatable bonds is 1. The highest BCUT2D eigenvalue weighted by molar-refractivity contribution is 5.76. The number of nitriles is 1. The molecular formula is C11H11NO. The van der Waals surface area contributed by atoms with E-state index >= 15 is 0 Å². The number of hydrogen-bond acceptors (Lipinski definition) is 2. The van der Waals surface area contributed by atoms with Crippen LogP contribution in [0.2, 0.25) is 0 Å². The zero-order valence-electron chi connectivity index (χ0n) is 7.76. The van der Waals surface area contributed by atoms with Gasteiger partial charge in [0.2, 0.25) is 0 Å². The van der Waals surface area contributed by atoms with Gasteiger partial charge in [-0.15, -0.1) is 0 Å². The summed E-state index contributed by atoms with van der Waals surface area (Å²) in [7, 11) is 0. The molecule has 2 nitrogen and oxygen atoms in total. The standard InChI is InChI=1S/C11H11NO/c1-7-4-10(9(3)6-12)5-8(2)11(7)13/h4-5,13H,3H2,1-2H3. The van der Waals surface area contributed by atoms with E-state index in [1.54, 1.807) is 26.0 Å². The average Bonchev–Trinajstić information content (AvgIpc) is 2.12. The zero-order chi connectivity index (χ0) is 10.0. The summed E-state index contributed by atoms with van der Waals surface area (Å²) in [5.74, 6) is 0.287. The van der Waals surface area contributed by atoms with Gasteiger partial charge in [0.05, 0.1) is 11.6 Å². The summed E-state index contributed by atoms with van der Waals surface area (Å²) in [5.41, 5.74) is 2.74. The molecule has 0 saturated carbocycles. The fourth-order valence-electron chi connectivity index (χ4n) is 1.19. The summed E-state index contributed by atoms with van der Waals surface area (Å²) < 4.78 is 0. The van der Waals surface area contributed by atoms with Gasteiger partial charge in [0.25, 0.3) is 0 Å². The second-order valence-electron chi connectivity index (χ2n) is 3.05. The molecule has 0 atom stereocenters. The van der Waals surface area contributed by atoms with Crippen molar-refractivity contribution in [3.05, 3.63) is 35.4 Å². The molecule has 66 valence electrons. The first-order valence-electron chi connectivity index (χ1n) is 3.96. The van der Waals surface area contributed by atoms with Crippen molar-refractivity contribution < 1.29 is 5.11 Å². The molecule has 1 N–H and O–H groups in total. The van der Waals surface area contributed by atoms with E-state index in [1.807, 2.05) is 6.07 Å². The molecule has 0 amide bonds. The lowest BCUT2D eigenvalue weighted by molar-refractivity contribution is 0.467. The van der Waals surface area contributed by atoms with Gasteiger partial charge in [0, 0.05) is 0 Å². The molecule has 1 rings (SSSR count). The van der Waals surface area contributed by atoms with E-state index in [1.165, 1.54) is 0 Å². The highest BCUT2D eigenvalue weighted by atomic mass is 16.3. The molecular weight excluding hydrogens is 162 g/mol. The third-order valence-corrected chi connectivity index (χ3v) is 1.97. The first-order valence-corrected chi connectivity index (χ1v) is 3.96. The van der Waals surface area contributed by atoms with Crippen LogP contribution in [0.5, 0.6) is 5.75 Å². The fraction of sp³-hybridized carbons (Fsp3) is 0.182. The minimum atomic E-state index is 0.287. The van der Waals surface area contributed by atoms with Crippen LogP contribution in [-0.2, 0) is 0 Å². The number of aromatic hydroxyl groups is 1. The van der Waals surface area contributed by atoms with Gasteiger partial charge in [-0.05, 0) is 42.7 Å². The topological polar surface area (TPSA) is 44.0 Å². The van der Waals surface area contributed by atoms with E-state index in [9.17, 15) is 5.11 Å². The van der Waals surface area contributed by atoms with Crippen molar-refractivity contribution >= 4 is 5.57 Å². The molecule has 1 aromatic rings. The van der Waals surface area contributed by atoms with E-state index in [0.717, 1.165) is 16.7 Å². The quantitative estimate of drug-likeness (QED) is 0.663. The maximum atomic E-state index is 9.47. The predicted molar refractivity (Wildman–Crippen MR) is 52.2 cm³/mol. The van der Waals surface area contributed by atoms with Crippen LogP contribution in [0, 0.1) is 25.2 Å². The van der Waals surface area contributed by atoms with E-state index in [0.29, 0.717) is 5.57 Å². The molecule has 0 aromatic heterocycles. The fourth-order valence-corrected chi connectivity index (χ4v) is 1.19. The van der Waals surface area contributed by atoms with E-state index in [-0.39, 0.29) is 5.75 Å². The van der Waals surface area contributed by atoms with Gasteiger partial charge in [0.15, 0.2) is 0 Å². The van der Waals surface area contributed by atoms with Gasteiger partial charge in [0.1, 0.15) is 5.75 Å². The lowest BCUT2D eigenvalue weighted by Gasteiger charge is -2.05. The molecule has 0 saturated heterocycles. The number of benzene rings is 1. The minimum Gasteiger partial charge on any atom is -0.507 e. The Labute approximate surface area is 77.8 Å². The first-order chi connectivity index (χ1) is 6.06. The third kappa shape index (κ3) is 1.70. The minimum absolute atomic E-state index is 0.287. The second-order valence-corrected chi connectivity index (χ2v) is 3.05. The molecule has 0 radical (unpaired) electrons. The Morgan fingerprint density at radius 3 is 2.23 bits per heavy atom. The Balaban J connectivity index is 3.30. The summed E-state index contributed by atoms with van der Waals surface area (Å²) >= 11 is 0. The van der Waals surface area contributed by atoms with Gasteiger partial charge in [-0.2, -0.15) is 5.26 Å². The molecule has 1 aromatic carbocycles. The van der Waals surface area contributed by atoms with Crippen LogP contribution in [0.25, 0.3) is 5.57 Å². The zero-order valence-corrected chi connectivity index (χ0v) is 7.76. The number of aryl methyl sites for hydroxylation is 2. The van der Waals surface area contributed by atoms with E-state index < -0.39 is 0 Å². The summed E-state index contributed by atoms with van der Waals surface area (Å²) in [6, 6.07) is 5.49. The predicted octanol–water partition coefficient (Wildman–Crippen LogP) is 2.55. The highest BCUT2D eigenvalue weighted by Crippen LogP contribution is 2.25. The maximum absolute atomic E-state index is 9.47. The van der Waals surface area contributed by atoms with Crippen molar-refractivity contribution in [2.45, 2.75) is 13.8 Å². The van der Waals surface area contributed by atoms with Gasteiger partial charge in [-0.1, -0.05) is 6.58 Å². The van der Waals surface area contributed by atoms with E-state index in [4.69, 9.17) is 5.26 Å².